The molecular formula is C14H19N5O2S. The summed E-state index contributed by atoms with van der Waals surface area (Å²) < 4.78 is 4.84. The van der Waals surface area contributed by atoms with Crippen LogP contribution in [0.5, 0.6) is 0 Å². The number of rotatable bonds is 5. The fourth-order valence-electron chi connectivity index (χ4n) is 2.43. The lowest BCUT2D eigenvalue weighted by Gasteiger charge is -2.06. The van der Waals surface area contributed by atoms with E-state index >= 15 is 0 Å². The van der Waals surface area contributed by atoms with E-state index in [0.29, 0.717) is 18.3 Å². The van der Waals surface area contributed by atoms with Crippen molar-refractivity contribution in [1.29, 1.82) is 0 Å². The van der Waals surface area contributed by atoms with Gasteiger partial charge in [0.25, 0.3) is 0 Å². The molecule has 2 heterocycles. The Bertz CT molecular complexity index is 628. The lowest BCUT2D eigenvalue weighted by Crippen LogP contribution is -2.36. The second-order valence-electron chi connectivity index (χ2n) is 5.27. The predicted molar refractivity (Wildman–Crippen MR) is 81.7 cm³/mol. The van der Waals surface area contributed by atoms with E-state index in [0.717, 1.165) is 24.3 Å². The molecule has 0 fully saturated rings. The Hall–Kier alpha value is -1.96. The normalized spacial score (nSPS) is 13.7. The largest absolute Gasteiger partial charge is 0.340 e. The van der Waals surface area contributed by atoms with Crippen molar-refractivity contribution in [2.75, 3.05) is 6.54 Å². The van der Waals surface area contributed by atoms with Crippen molar-refractivity contribution in [3.8, 4) is 0 Å². The zero-order chi connectivity index (χ0) is 15.4. The highest BCUT2D eigenvalue weighted by Crippen LogP contribution is 2.26. The summed E-state index contributed by atoms with van der Waals surface area (Å²) in [5.41, 5.74) is 1.27. The lowest BCUT2D eigenvalue weighted by atomic mass is 10.0. The number of fused-ring (bicyclic) bond motifs is 1. The summed E-state index contributed by atoms with van der Waals surface area (Å²) in [6.07, 6.45) is 5.54. The molecule has 0 spiro atoms. The maximum Gasteiger partial charge on any atom is 0.315 e. The Labute approximate surface area is 132 Å². The summed E-state index contributed by atoms with van der Waals surface area (Å²) in [5, 5.41) is 10.3. The van der Waals surface area contributed by atoms with Crippen LogP contribution in [0.2, 0.25) is 0 Å². The number of urea groups is 1. The Morgan fingerprint density at radius 1 is 1.27 bits per heavy atom. The Balaban J connectivity index is 1.39. The molecule has 2 aromatic heterocycles. The van der Waals surface area contributed by atoms with Crippen molar-refractivity contribution in [3.63, 3.8) is 0 Å². The molecule has 3 rings (SSSR count). The highest BCUT2D eigenvalue weighted by atomic mass is 32.1. The fraction of sp³-hybridized carbons (Fsp3) is 0.571. The number of carbonyl (C=O) groups excluding carboxylic acids is 1. The first kappa shape index (κ1) is 15.0. The molecule has 22 heavy (non-hydrogen) atoms. The highest BCUT2D eigenvalue weighted by Gasteiger charge is 2.14. The number of nitrogens with one attached hydrogen (secondary N) is 2. The van der Waals surface area contributed by atoms with Crippen molar-refractivity contribution in [3.05, 3.63) is 27.3 Å². The smallest absolute Gasteiger partial charge is 0.315 e. The predicted octanol–water partition coefficient (Wildman–Crippen LogP) is 1.76. The summed E-state index contributed by atoms with van der Waals surface area (Å²) in [7, 11) is 0. The first-order valence-corrected chi connectivity index (χ1v) is 8.30. The van der Waals surface area contributed by atoms with Crippen LogP contribution in [0.25, 0.3) is 0 Å². The van der Waals surface area contributed by atoms with Gasteiger partial charge < -0.3 is 15.2 Å². The maximum absolute atomic E-state index is 11.7. The highest BCUT2D eigenvalue weighted by molar-refractivity contribution is 7.11. The molecule has 1 aliphatic rings. The van der Waals surface area contributed by atoms with Gasteiger partial charge in [-0.25, -0.2) is 9.78 Å². The van der Waals surface area contributed by atoms with Gasteiger partial charge >= 0.3 is 6.03 Å². The quantitative estimate of drug-likeness (QED) is 0.875. The zero-order valence-electron chi connectivity index (χ0n) is 12.5. The molecular weight excluding hydrogens is 302 g/mol. The molecule has 8 heteroatoms. The summed E-state index contributed by atoms with van der Waals surface area (Å²) in [4.78, 5) is 21.8. The summed E-state index contributed by atoms with van der Waals surface area (Å²) >= 11 is 1.78. The van der Waals surface area contributed by atoms with E-state index in [2.05, 4.69) is 25.8 Å². The standard InChI is InChI=1S/C14H19N5O2S/c1-9-17-12(19-21-9)8-16-14(20)15-7-6-13-18-10-4-2-3-5-11(10)22-13/h2-8H2,1H3,(H2,15,16,20). The van der Waals surface area contributed by atoms with Crippen LogP contribution in [0, 0.1) is 6.92 Å². The van der Waals surface area contributed by atoms with Crippen LogP contribution >= 0.6 is 11.3 Å². The van der Waals surface area contributed by atoms with Crippen LogP contribution in [0.3, 0.4) is 0 Å². The third-order valence-electron chi connectivity index (χ3n) is 3.49. The van der Waals surface area contributed by atoms with E-state index in [-0.39, 0.29) is 12.6 Å². The molecule has 0 unspecified atom stereocenters. The molecule has 2 aromatic rings. The van der Waals surface area contributed by atoms with Gasteiger partial charge in [0, 0.05) is 24.8 Å². The van der Waals surface area contributed by atoms with Gasteiger partial charge in [-0.1, -0.05) is 5.16 Å². The van der Waals surface area contributed by atoms with Crippen LogP contribution < -0.4 is 10.6 Å². The second-order valence-corrected chi connectivity index (χ2v) is 6.44. The topological polar surface area (TPSA) is 92.9 Å². The molecule has 0 radical (unpaired) electrons. The number of carbonyl (C=O) groups is 1. The van der Waals surface area contributed by atoms with Gasteiger partial charge in [-0.3, -0.25) is 0 Å². The number of amides is 2. The molecule has 0 aromatic carbocycles. The molecule has 2 N–H and O–H groups in total. The molecule has 118 valence electrons. The summed E-state index contributed by atoms with van der Waals surface area (Å²) in [6, 6.07) is -0.233. The minimum atomic E-state index is -0.233. The maximum atomic E-state index is 11.7. The number of nitrogens with zero attached hydrogens (tertiary/aromatic N) is 3. The van der Waals surface area contributed by atoms with Crippen LogP contribution in [0.4, 0.5) is 4.79 Å². The van der Waals surface area contributed by atoms with Gasteiger partial charge in [-0.05, 0) is 25.7 Å². The van der Waals surface area contributed by atoms with Gasteiger partial charge in [0.05, 0.1) is 17.2 Å². The molecule has 0 atom stereocenters. The minimum Gasteiger partial charge on any atom is -0.340 e. The van der Waals surface area contributed by atoms with Crippen LogP contribution in [-0.2, 0) is 25.8 Å². The fourth-order valence-corrected chi connectivity index (χ4v) is 3.59. The summed E-state index contributed by atoms with van der Waals surface area (Å²) in [5.74, 6) is 0.963. The van der Waals surface area contributed by atoms with Gasteiger partial charge in [0.2, 0.25) is 5.89 Å². The average Bonchev–Trinajstić information content (AvgIpc) is 3.10. The molecule has 2 amide bonds. The van der Waals surface area contributed by atoms with Crippen LogP contribution in [-0.4, -0.2) is 27.7 Å². The van der Waals surface area contributed by atoms with Gasteiger partial charge in [0.15, 0.2) is 5.82 Å². The third kappa shape index (κ3) is 3.82. The molecule has 1 aliphatic carbocycles. The Morgan fingerprint density at radius 3 is 2.91 bits per heavy atom. The van der Waals surface area contributed by atoms with Crippen LogP contribution in [0.15, 0.2) is 4.52 Å². The molecule has 7 nitrogen and oxygen atoms in total. The Kier molecular flexibility index (Phi) is 4.67. The third-order valence-corrected chi connectivity index (χ3v) is 4.71. The van der Waals surface area contributed by atoms with E-state index < -0.39 is 0 Å². The van der Waals surface area contributed by atoms with Crippen molar-refractivity contribution >= 4 is 17.4 Å². The molecule has 0 saturated carbocycles. The molecule has 0 saturated heterocycles. The van der Waals surface area contributed by atoms with Gasteiger partial charge in [-0.2, -0.15) is 4.98 Å². The lowest BCUT2D eigenvalue weighted by molar-refractivity contribution is 0.240. The van der Waals surface area contributed by atoms with Crippen molar-refractivity contribution < 1.29 is 9.32 Å². The molecule has 0 bridgehead atoms. The zero-order valence-corrected chi connectivity index (χ0v) is 13.3. The summed E-state index contributed by atoms with van der Waals surface area (Å²) in [6.45, 7) is 2.54. The number of thiazole rings is 1. The number of hydrogen-bond donors (Lipinski definition) is 2. The SMILES string of the molecule is Cc1nc(CNC(=O)NCCc2nc3c(s2)CCCC3)no1. The minimum absolute atomic E-state index is 0.233. The number of aromatic nitrogens is 3. The van der Waals surface area contributed by atoms with E-state index in [1.54, 1.807) is 18.3 Å². The van der Waals surface area contributed by atoms with Gasteiger partial charge in [-0.15, -0.1) is 11.3 Å². The monoisotopic (exact) mass is 321 g/mol. The first-order valence-electron chi connectivity index (χ1n) is 7.49. The molecule has 0 aliphatic heterocycles. The van der Waals surface area contributed by atoms with E-state index in [9.17, 15) is 4.79 Å². The van der Waals surface area contributed by atoms with Crippen molar-refractivity contribution in [2.45, 2.75) is 45.6 Å². The van der Waals surface area contributed by atoms with E-state index in [4.69, 9.17) is 4.52 Å². The van der Waals surface area contributed by atoms with Gasteiger partial charge in [0.1, 0.15) is 0 Å². The number of aryl methyl sites for hydroxylation is 3. The average molecular weight is 321 g/mol. The Morgan fingerprint density at radius 2 is 2.14 bits per heavy atom. The van der Waals surface area contributed by atoms with E-state index in [1.807, 2.05) is 0 Å². The number of hydrogen-bond acceptors (Lipinski definition) is 6. The van der Waals surface area contributed by atoms with E-state index in [1.165, 1.54) is 23.4 Å². The van der Waals surface area contributed by atoms with Crippen LogP contribution in [0.1, 0.15) is 40.1 Å². The van der Waals surface area contributed by atoms with Crippen molar-refractivity contribution in [2.24, 2.45) is 0 Å². The second kappa shape index (κ2) is 6.87. The first-order chi connectivity index (χ1) is 10.7. The van der Waals surface area contributed by atoms with Crippen molar-refractivity contribution in [1.82, 2.24) is 25.8 Å².